The first-order chi connectivity index (χ1) is 6.24. The highest BCUT2D eigenvalue weighted by atomic mass is 32.2. The van der Waals surface area contributed by atoms with Gasteiger partial charge in [0.25, 0.3) is 0 Å². The number of rotatable bonds is 2. The van der Waals surface area contributed by atoms with E-state index in [0.717, 1.165) is 24.6 Å². The van der Waals surface area contributed by atoms with Crippen molar-refractivity contribution in [2.24, 2.45) is 5.73 Å². The average Bonchev–Trinajstić information content (AvgIpc) is 2.19. The van der Waals surface area contributed by atoms with E-state index in [-0.39, 0.29) is 12.1 Å². The lowest BCUT2D eigenvalue weighted by Crippen LogP contribution is -2.48. The van der Waals surface area contributed by atoms with Crippen molar-refractivity contribution >= 4 is 17.8 Å². The van der Waals surface area contributed by atoms with E-state index >= 15 is 0 Å². The normalized spacial score (nSPS) is 19.7. The van der Waals surface area contributed by atoms with Crippen molar-refractivity contribution in [1.82, 2.24) is 10.2 Å². The Labute approximate surface area is 83.2 Å². The van der Waals surface area contributed by atoms with Crippen molar-refractivity contribution < 1.29 is 4.79 Å². The van der Waals surface area contributed by atoms with E-state index in [1.54, 1.807) is 0 Å². The molecule has 1 aliphatic rings. The Kier molecular flexibility index (Phi) is 4.38. The Bertz CT molecular complexity index is 171. The van der Waals surface area contributed by atoms with Gasteiger partial charge in [-0.3, -0.25) is 0 Å². The van der Waals surface area contributed by atoms with Crippen molar-refractivity contribution in [3.05, 3.63) is 0 Å². The molecule has 4 nitrogen and oxygen atoms in total. The molecule has 3 N–H and O–H groups in total. The number of nitrogens with zero attached hydrogens (tertiary/aromatic N) is 1. The van der Waals surface area contributed by atoms with Crippen LogP contribution in [0.5, 0.6) is 0 Å². The number of hydrogen-bond donors (Lipinski definition) is 2. The zero-order chi connectivity index (χ0) is 9.68. The Hall–Kier alpha value is -0.420. The summed E-state index contributed by atoms with van der Waals surface area (Å²) >= 11 is 1.89. The van der Waals surface area contributed by atoms with Crippen LogP contribution in [0.25, 0.3) is 0 Å². The lowest BCUT2D eigenvalue weighted by Gasteiger charge is -2.27. The highest BCUT2D eigenvalue weighted by molar-refractivity contribution is 7.99. The van der Waals surface area contributed by atoms with Gasteiger partial charge in [0.1, 0.15) is 0 Å². The van der Waals surface area contributed by atoms with Gasteiger partial charge in [0.2, 0.25) is 0 Å². The van der Waals surface area contributed by atoms with Gasteiger partial charge < -0.3 is 16.0 Å². The zero-order valence-corrected chi connectivity index (χ0v) is 8.77. The maximum atomic E-state index is 11.5. The third kappa shape index (κ3) is 3.44. The van der Waals surface area contributed by atoms with Crippen molar-refractivity contribution in [2.45, 2.75) is 13.0 Å². The number of nitrogens with two attached hydrogens (primary N) is 1. The van der Waals surface area contributed by atoms with Gasteiger partial charge in [-0.25, -0.2) is 4.79 Å². The first kappa shape index (κ1) is 10.7. The number of urea groups is 1. The van der Waals surface area contributed by atoms with E-state index in [9.17, 15) is 4.79 Å². The number of thioether (sulfide) groups is 1. The molecular weight excluding hydrogens is 186 g/mol. The number of carbonyl (C=O) groups excluding carboxylic acids is 1. The molecule has 13 heavy (non-hydrogen) atoms. The predicted molar refractivity (Wildman–Crippen MR) is 55.9 cm³/mol. The molecule has 5 heteroatoms. The highest BCUT2D eigenvalue weighted by Gasteiger charge is 2.17. The molecule has 1 fully saturated rings. The smallest absolute Gasteiger partial charge is 0.317 e. The van der Waals surface area contributed by atoms with Crippen molar-refractivity contribution in [1.29, 1.82) is 0 Å². The van der Waals surface area contributed by atoms with E-state index in [0.29, 0.717) is 6.54 Å². The van der Waals surface area contributed by atoms with Crippen molar-refractivity contribution in [2.75, 3.05) is 31.1 Å². The molecule has 0 aromatic heterocycles. The van der Waals surface area contributed by atoms with Gasteiger partial charge in [-0.15, -0.1) is 0 Å². The molecule has 76 valence electrons. The summed E-state index contributed by atoms with van der Waals surface area (Å²) in [5.74, 6) is 2.09. The molecule has 0 aromatic carbocycles. The van der Waals surface area contributed by atoms with Crippen LogP contribution in [-0.2, 0) is 0 Å². The third-order valence-corrected chi connectivity index (χ3v) is 2.96. The zero-order valence-electron chi connectivity index (χ0n) is 7.95. The molecule has 0 aliphatic carbocycles. The molecule has 1 heterocycles. The Morgan fingerprint density at radius 2 is 2.23 bits per heavy atom. The first-order valence-corrected chi connectivity index (χ1v) is 5.72. The minimum Gasteiger partial charge on any atom is -0.334 e. The van der Waals surface area contributed by atoms with Gasteiger partial charge in [-0.05, 0) is 6.92 Å². The van der Waals surface area contributed by atoms with Crippen LogP contribution in [0.2, 0.25) is 0 Å². The fourth-order valence-electron chi connectivity index (χ4n) is 1.13. The van der Waals surface area contributed by atoms with Crippen LogP contribution >= 0.6 is 11.8 Å². The molecule has 0 aromatic rings. The number of nitrogens with one attached hydrogen (secondary N) is 1. The SMILES string of the molecule is CC(CN)NC(=O)N1CCSCC1. The summed E-state index contributed by atoms with van der Waals surface area (Å²) in [6.07, 6.45) is 0. The van der Waals surface area contributed by atoms with E-state index in [1.165, 1.54) is 0 Å². The van der Waals surface area contributed by atoms with Crippen LogP contribution in [0.4, 0.5) is 4.79 Å². The summed E-state index contributed by atoms with van der Waals surface area (Å²) in [7, 11) is 0. The molecule has 1 atom stereocenters. The number of carbonyl (C=O) groups is 1. The summed E-state index contributed by atoms with van der Waals surface area (Å²) in [4.78, 5) is 13.4. The van der Waals surface area contributed by atoms with Crippen LogP contribution in [0.1, 0.15) is 6.92 Å². The van der Waals surface area contributed by atoms with Gasteiger partial charge in [-0.1, -0.05) is 0 Å². The highest BCUT2D eigenvalue weighted by Crippen LogP contribution is 2.08. The first-order valence-electron chi connectivity index (χ1n) is 4.57. The Morgan fingerprint density at radius 1 is 1.62 bits per heavy atom. The summed E-state index contributed by atoms with van der Waals surface area (Å²) in [5.41, 5.74) is 5.41. The van der Waals surface area contributed by atoms with Crippen LogP contribution in [0, 0.1) is 0 Å². The lowest BCUT2D eigenvalue weighted by molar-refractivity contribution is 0.200. The van der Waals surface area contributed by atoms with Gasteiger partial charge in [0.15, 0.2) is 0 Å². The molecule has 0 bridgehead atoms. The fraction of sp³-hybridized carbons (Fsp3) is 0.875. The van der Waals surface area contributed by atoms with Gasteiger partial charge in [0.05, 0.1) is 0 Å². The predicted octanol–water partition coefficient (Wildman–Crippen LogP) is 0.0920. The molecular formula is C8H17N3OS. The summed E-state index contributed by atoms with van der Waals surface area (Å²) in [6, 6.07) is 0.0975. The van der Waals surface area contributed by atoms with E-state index in [1.807, 2.05) is 23.6 Å². The minimum absolute atomic E-state index is 0.0262. The quantitative estimate of drug-likeness (QED) is 0.669. The molecule has 1 unspecified atom stereocenters. The second kappa shape index (κ2) is 5.34. The van der Waals surface area contributed by atoms with E-state index in [4.69, 9.17) is 5.73 Å². The maximum Gasteiger partial charge on any atom is 0.317 e. The maximum absolute atomic E-state index is 11.5. The molecule has 2 amide bonds. The molecule has 1 rings (SSSR count). The third-order valence-electron chi connectivity index (χ3n) is 2.02. The van der Waals surface area contributed by atoms with Crippen LogP contribution in [-0.4, -0.2) is 48.1 Å². The number of hydrogen-bond acceptors (Lipinski definition) is 3. The number of amides is 2. The van der Waals surface area contributed by atoms with Gasteiger partial charge in [-0.2, -0.15) is 11.8 Å². The molecule has 0 saturated carbocycles. The lowest BCUT2D eigenvalue weighted by atomic mass is 10.3. The van der Waals surface area contributed by atoms with Crippen LogP contribution in [0.3, 0.4) is 0 Å². The van der Waals surface area contributed by atoms with Crippen LogP contribution in [0.15, 0.2) is 0 Å². The monoisotopic (exact) mass is 203 g/mol. The van der Waals surface area contributed by atoms with Crippen LogP contribution < -0.4 is 11.1 Å². The standard InChI is InChI=1S/C8H17N3OS/c1-7(6-9)10-8(12)11-2-4-13-5-3-11/h7H,2-6,9H2,1H3,(H,10,12). The largest absolute Gasteiger partial charge is 0.334 e. The van der Waals surface area contributed by atoms with E-state index < -0.39 is 0 Å². The van der Waals surface area contributed by atoms with Crippen molar-refractivity contribution in [3.63, 3.8) is 0 Å². The van der Waals surface area contributed by atoms with Gasteiger partial charge in [0, 0.05) is 37.2 Å². The topological polar surface area (TPSA) is 58.4 Å². The Morgan fingerprint density at radius 3 is 2.77 bits per heavy atom. The Balaban J connectivity index is 2.29. The minimum atomic E-state index is 0.0262. The fourth-order valence-corrected chi connectivity index (χ4v) is 2.03. The second-order valence-corrected chi connectivity index (χ2v) is 4.41. The molecule has 1 aliphatic heterocycles. The average molecular weight is 203 g/mol. The van der Waals surface area contributed by atoms with E-state index in [2.05, 4.69) is 5.32 Å². The summed E-state index contributed by atoms with van der Waals surface area (Å²) < 4.78 is 0. The van der Waals surface area contributed by atoms with Crippen molar-refractivity contribution in [3.8, 4) is 0 Å². The molecule has 0 spiro atoms. The summed E-state index contributed by atoms with van der Waals surface area (Å²) in [6.45, 7) is 4.12. The summed E-state index contributed by atoms with van der Waals surface area (Å²) in [5, 5.41) is 2.85. The van der Waals surface area contributed by atoms with Gasteiger partial charge >= 0.3 is 6.03 Å². The molecule has 1 saturated heterocycles. The second-order valence-electron chi connectivity index (χ2n) is 3.19. The molecule has 0 radical (unpaired) electrons.